The first-order valence-electron chi connectivity index (χ1n) is 11.1. The summed E-state index contributed by atoms with van der Waals surface area (Å²) in [5.74, 6) is 1.51. The number of hydrogen-bond donors (Lipinski definition) is 1. The molecule has 0 saturated heterocycles. The number of benzene rings is 2. The van der Waals surface area contributed by atoms with Gasteiger partial charge in [-0.3, -0.25) is 4.79 Å². The number of ether oxygens (including phenoxy) is 3. The number of nitrogens with zero attached hydrogens (tertiary/aromatic N) is 2. The minimum Gasteiger partial charge on any atom is -0.493 e. The van der Waals surface area contributed by atoms with Crippen LogP contribution in [0.5, 0.6) is 17.2 Å². The Bertz CT molecular complexity index is 1110. The van der Waals surface area contributed by atoms with Crippen molar-refractivity contribution in [2.45, 2.75) is 39.2 Å². The molecule has 1 heterocycles. The van der Waals surface area contributed by atoms with Crippen molar-refractivity contribution in [2.24, 2.45) is 5.41 Å². The maximum Gasteiger partial charge on any atom is 0.224 e. The zero-order valence-electron chi connectivity index (χ0n) is 19.8. The number of aromatic nitrogens is 2. The summed E-state index contributed by atoms with van der Waals surface area (Å²) in [6, 6.07) is 13.6. The van der Waals surface area contributed by atoms with Crippen LogP contribution in [0, 0.1) is 5.41 Å². The molecule has 4 rings (SSSR count). The van der Waals surface area contributed by atoms with Gasteiger partial charge < -0.3 is 19.5 Å². The average molecular weight is 450 g/mol. The van der Waals surface area contributed by atoms with Crippen LogP contribution in [0.1, 0.15) is 43.1 Å². The molecule has 0 fully saturated rings. The molecule has 1 aliphatic rings. The molecule has 1 N–H and O–H groups in total. The molecule has 1 aliphatic carbocycles. The zero-order valence-corrected chi connectivity index (χ0v) is 19.8. The van der Waals surface area contributed by atoms with Crippen molar-refractivity contribution in [3.05, 3.63) is 65.5 Å². The van der Waals surface area contributed by atoms with Crippen LogP contribution in [-0.2, 0) is 17.6 Å². The quantitative estimate of drug-likeness (QED) is 0.583. The Hall–Kier alpha value is -3.48. The smallest absolute Gasteiger partial charge is 0.224 e. The van der Waals surface area contributed by atoms with Gasteiger partial charge in [0.2, 0.25) is 11.7 Å². The molecule has 2 aromatic carbocycles. The molecule has 0 aliphatic heterocycles. The maximum absolute atomic E-state index is 13.1. The summed E-state index contributed by atoms with van der Waals surface area (Å²) in [6.07, 6.45) is 3.84. The van der Waals surface area contributed by atoms with Crippen LogP contribution in [0.25, 0.3) is 5.69 Å². The number of fused-ring (bicyclic) bond motifs is 1. The molecular formula is C26H31N3O4. The summed E-state index contributed by atoms with van der Waals surface area (Å²) in [6.45, 7) is 4.47. The summed E-state index contributed by atoms with van der Waals surface area (Å²) in [4.78, 5) is 13.1. The zero-order chi connectivity index (χ0) is 23.6. The van der Waals surface area contributed by atoms with E-state index in [2.05, 4.69) is 24.3 Å². The SMILES string of the molecule is COc1cc(CC(=O)N[C@@H]2CC(C)(C)Cc3c2cnn3-c2ccccc2)cc(OC)c1OC. The van der Waals surface area contributed by atoms with Gasteiger partial charge in [0.25, 0.3) is 0 Å². The molecule has 7 heteroatoms. The normalized spacial score (nSPS) is 16.6. The molecule has 0 saturated carbocycles. The standard InChI is InChI=1S/C26H31N3O4/c1-26(2)14-20(19-16-27-29(21(19)15-26)18-9-7-6-8-10-18)28-24(30)13-17-11-22(31-3)25(33-5)23(12-17)32-4/h6-12,16,20H,13-15H2,1-5H3,(H,28,30)/t20-/m1/s1. The number of hydrogen-bond acceptors (Lipinski definition) is 5. The predicted octanol–water partition coefficient (Wildman–Crippen LogP) is 4.27. The van der Waals surface area contributed by atoms with E-state index in [9.17, 15) is 4.79 Å². The third-order valence-electron chi connectivity index (χ3n) is 6.10. The van der Waals surface area contributed by atoms with Crippen molar-refractivity contribution in [3.8, 4) is 22.9 Å². The summed E-state index contributed by atoms with van der Waals surface area (Å²) in [5, 5.41) is 7.90. The van der Waals surface area contributed by atoms with Gasteiger partial charge in [-0.05, 0) is 48.1 Å². The lowest BCUT2D eigenvalue weighted by Crippen LogP contribution is -2.37. The van der Waals surface area contributed by atoms with Gasteiger partial charge in [0.1, 0.15) is 0 Å². The van der Waals surface area contributed by atoms with Crippen LogP contribution < -0.4 is 19.5 Å². The van der Waals surface area contributed by atoms with Crippen molar-refractivity contribution in [1.29, 1.82) is 0 Å². The van der Waals surface area contributed by atoms with Crippen molar-refractivity contribution < 1.29 is 19.0 Å². The van der Waals surface area contributed by atoms with E-state index in [-0.39, 0.29) is 23.8 Å². The van der Waals surface area contributed by atoms with E-state index >= 15 is 0 Å². The molecule has 0 unspecified atom stereocenters. The number of nitrogens with one attached hydrogen (secondary N) is 1. The minimum atomic E-state index is -0.101. The van der Waals surface area contributed by atoms with E-state index in [0.717, 1.165) is 35.3 Å². The van der Waals surface area contributed by atoms with Crippen LogP contribution in [-0.4, -0.2) is 37.0 Å². The Morgan fingerprint density at radius 3 is 2.36 bits per heavy atom. The van der Waals surface area contributed by atoms with Crippen LogP contribution in [0.4, 0.5) is 0 Å². The van der Waals surface area contributed by atoms with Crippen LogP contribution in [0.2, 0.25) is 0 Å². The third kappa shape index (κ3) is 4.67. The minimum absolute atomic E-state index is 0.0318. The van der Waals surface area contributed by atoms with Gasteiger partial charge in [-0.2, -0.15) is 5.10 Å². The number of carbonyl (C=O) groups is 1. The molecule has 1 atom stereocenters. The molecular weight excluding hydrogens is 418 g/mol. The molecule has 0 spiro atoms. The molecule has 33 heavy (non-hydrogen) atoms. The third-order valence-corrected chi connectivity index (χ3v) is 6.10. The van der Waals surface area contributed by atoms with Crippen LogP contribution in [0.15, 0.2) is 48.7 Å². The molecule has 0 bridgehead atoms. The molecule has 0 radical (unpaired) electrons. The Morgan fingerprint density at radius 1 is 1.09 bits per heavy atom. The van der Waals surface area contributed by atoms with Gasteiger partial charge in [0.15, 0.2) is 11.5 Å². The van der Waals surface area contributed by atoms with Crippen molar-refractivity contribution in [2.75, 3.05) is 21.3 Å². The Labute approximate surface area is 194 Å². The number of para-hydroxylation sites is 1. The van der Waals surface area contributed by atoms with E-state index in [4.69, 9.17) is 14.2 Å². The topological polar surface area (TPSA) is 74.6 Å². The van der Waals surface area contributed by atoms with E-state index in [0.29, 0.717) is 17.2 Å². The summed E-state index contributed by atoms with van der Waals surface area (Å²) < 4.78 is 18.2. The van der Waals surface area contributed by atoms with Gasteiger partial charge in [-0.1, -0.05) is 32.0 Å². The highest BCUT2D eigenvalue weighted by atomic mass is 16.5. The largest absolute Gasteiger partial charge is 0.493 e. The fourth-order valence-corrected chi connectivity index (χ4v) is 4.63. The lowest BCUT2D eigenvalue weighted by molar-refractivity contribution is -0.121. The number of carbonyl (C=O) groups excluding carboxylic acids is 1. The van der Waals surface area contributed by atoms with E-state index in [1.165, 1.54) is 0 Å². The lowest BCUT2D eigenvalue weighted by atomic mass is 9.74. The van der Waals surface area contributed by atoms with Gasteiger partial charge in [0.05, 0.1) is 51.4 Å². The van der Waals surface area contributed by atoms with Crippen LogP contribution in [0.3, 0.4) is 0 Å². The number of rotatable bonds is 7. The first-order chi connectivity index (χ1) is 15.8. The van der Waals surface area contributed by atoms with Gasteiger partial charge >= 0.3 is 0 Å². The number of methoxy groups -OCH3 is 3. The Morgan fingerprint density at radius 2 is 1.76 bits per heavy atom. The van der Waals surface area contributed by atoms with Crippen molar-refractivity contribution in [1.82, 2.24) is 15.1 Å². The first-order valence-corrected chi connectivity index (χ1v) is 11.1. The predicted molar refractivity (Wildman–Crippen MR) is 126 cm³/mol. The van der Waals surface area contributed by atoms with E-state index in [1.54, 1.807) is 21.3 Å². The van der Waals surface area contributed by atoms with Crippen LogP contribution >= 0.6 is 0 Å². The molecule has 174 valence electrons. The second kappa shape index (κ2) is 9.17. The molecule has 3 aromatic rings. The highest BCUT2D eigenvalue weighted by molar-refractivity contribution is 5.79. The van der Waals surface area contributed by atoms with Gasteiger partial charge in [-0.25, -0.2) is 4.68 Å². The highest BCUT2D eigenvalue weighted by Crippen LogP contribution is 2.42. The second-order valence-corrected chi connectivity index (χ2v) is 9.17. The van der Waals surface area contributed by atoms with Gasteiger partial charge in [-0.15, -0.1) is 0 Å². The van der Waals surface area contributed by atoms with E-state index in [1.807, 2.05) is 53.3 Å². The number of amides is 1. The Balaban J connectivity index is 1.58. The first kappa shape index (κ1) is 22.7. The second-order valence-electron chi connectivity index (χ2n) is 9.17. The molecule has 1 amide bonds. The summed E-state index contributed by atoms with van der Waals surface area (Å²) in [5.41, 5.74) is 4.08. The van der Waals surface area contributed by atoms with Crippen molar-refractivity contribution >= 4 is 5.91 Å². The highest BCUT2D eigenvalue weighted by Gasteiger charge is 2.36. The summed E-state index contributed by atoms with van der Waals surface area (Å²) >= 11 is 0. The maximum atomic E-state index is 13.1. The molecule has 1 aromatic heterocycles. The fraction of sp³-hybridized carbons (Fsp3) is 0.385. The summed E-state index contributed by atoms with van der Waals surface area (Å²) in [7, 11) is 4.69. The molecule has 7 nitrogen and oxygen atoms in total. The lowest BCUT2D eigenvalue weighted by Gasteiger charge is -2.36. The fourth-order valence-electron chi connectivity index (χ4n) is 4.63. The monoisotopic (exact) mass is 449 g/mol. The average Bonchev–Trinajstić information content (AvgIpc) is 3.21. The van der Waals surface area contributed by atoms with E-state index < -0.39 is 0 Å². The Kier molecular flexibility index (Phi) is 6.31. The van der Waals surface area contributed by atoms with Crippen molar-refractivity contribution in [3.63, 3.8) is 0 Å². The van der Waals surface area contributed by atoms with Gasteiger partial charge in [0, 0.05) is 5.56 Å².